The quantitative estimate of drug-likeness (QED) is 0.733. The monoisotopic (exact) mass is 295 g/mol. The highest BCUT2D eigenvalue weighted by molar-refractivity contribution is 5.80. The Morgan fingerprint density at radius 1 is 1.55 bits per heavy atom. The maximum absolute atomic E-state index is 12.3. The average Bonchev–Trinajstić information content (AvgIpc) is 2.78. The number of H-pyrrole nitrogens is 1. The molecule has 0 radical (unpaired) electrons. The number of aliphatic carboxylic acids is 1. The summed E-state index contributed by atoms with van der Waals surface area (Å²) in [7, 11) is 0. The fraction of sp³-hybridized carbons (Fsp3) is 0.556. The zero-order valence-electron chi connectivity index (χ0n) is 10.3. The van der Waals surface area contributed by atoms with Crippen molar-refractivity contribution in [3.63, 3.8) is 0 Å². The molecule has 20 heavy (non-hydrogen) atoms. The van der Waals surface area contributed by atoms with E-state index in [0.717, 1.165) is 0 Å². The van der Waals surface area contributed by atoms with Crippen LogP contribution in [0.4, 0.5) is 18.0 Å². The van der Waals surface area contributed by atoms with Crippen molar-refractivity contribution in [2.75, 3.05) is 13.1 Å². The molecule has 11 heteroatoms. The minimum Gasteiger partial charge on any atom is -0.480 e. The standard InChI is InChI=1S/C9H12F3N5O3/c1-5(7-13-4-14-16-7)15-8(20)17(2-6(18)19)3-9(10,11)12/h4-5H,2-3H2,1H3,(H,15,20)(H,18,19)(H,13,14,16). The second-order valence-corrected chi connectivity index (χ2v) is 3.91. The van der Waals surface area contributed by atoms with Gasteiger partial charge in [0.05, 0.1) is 6.04 Å². The number of carboxylic acids is 1. The number of rotatable bonds is 5. The van der Waals surface area contributed by atoms with Crippen LogP contribution in [0.5, 0.6) is 0 Å². The van der Waals surface area contributed by atoms with Gasteiger partial charge in [-0.15, -0.1) is 0 Å². The molecule has 0 fully saturated rings. The second-order valence-electron chi connectivity index (χ2n) is 3.91. The lowest BCUT2D eigenvalue weighted by Gasteiger charge is -2.24. The van der Waals surface area contributed by atoms with E-state index in [-0.39, 0.29) is 10.7 Å². The van der Waals surface area contributed by atoms with Gasteiger partial charge in [0.15, 0.2) is 0 Å². The highest BCUT2D eigenvalue weighted by Gasteiger charge is 2.34. The van der Waals surface area contributed by atoms with Crippen molar-refractivity contribution in [3.05, 3.63) is 12.2 Å². The number of hydrogen-bond acceptors (Lipinski definition) is 4. The van der Waals surface area contributed by atoms with Gasteiger partial charge in [-0.1, -0.05) is 0 Å². The maximum Gasteiger partial charge on any atom is 0.406 e. The molecule has 1 aromatic heterocycles. The van der Waals surface area contributed by atoms with E-state index < -0.39 is 37.3 Å². The lowest BCUT2D eigenvalue weighted by Crippen LogP contribution is -2.47. The summed E-state index contributed by atoms with van der Waals surface area (Å²) in [5.74, 6) is -1.31. The summed E-state index contributed by atoms with van der Waals surface area (Å²) in [5, 5.41) is 16.7. The summed E-state index contributed by atoms with van der Waals surface area (Å²) in [5.41, 5.74) is 0. The van der Waals surface area contributed by atoms with Crippen LogP contribution in [0.2, 0.25) is 0 Å². The third-order valence-electron chi connectivity index (χ3n) is 2.17. The third-order valence-corrected chi connectivity index (χ3v) is 2.17. The SMILES string of the molecule is CC(NC(=O)N(CC(=O)O)CC(F)(F)F)c1ncn[nH]1. The molecule has 3 N–H and O–H groups in total. The Bertz CT molecular complexity index is 462. The summed E-state index contributed by atoms with van der Waals surface area (Å²) >= 11 is 0. The van der Waals surface area contributed by atoms with Gasteiger partial charge in [-0.2, -0.15) is 18.3 Å². The van der Waals surface area contributed by atoms with E-state index in [1.165, 1.54) is 13.3 Å². The van der Waals surface area contributed by atoms with Crippen LogP contribution in [0.15, 0.2) is 6.33 Å². The van der Waals surface area contributed by atoms with Gasteiger partial charge < -0.3 is 15.3 Å². The Morgan fingerprint density at radius 3 is 2.65 bits per heavy atom. The molecule has 8 nitrogen and oxygen atoms in total. The van der Waals surface area contributed by atoms with Crippen LogP contribution in [-0.4, -0.2) is 56.5 Å². The minimum atomic E-state index is -4.69. The first kappa shape index (κ1) is 15.7. The van der Waals surface area contributed by atoms with Gasteiger partial charge in [0.1, 0.15) is 25.2 Å². The smallest absolute Gasteiger partial charge is 0.406 e. The summed E-state index contributed by atoms with van der Waals surface area (Å²) in [4.78, 5) is 26.0. The lowest BCUT2D eigenvalue weighted by atomic mass is 10.3. The van der Waals surface area contributed by atoms with E-state index in [9.17, 15) is 22.8 Å². The van der Waals surface area contributed by atoms with E-state index in [1.54, 1.807) is 0 Å². The van der Waals surface area contributed by atoms with Gasteiger partial charge in [-0.3, -0.25) is 9.89 Å². The van der Waals surface area contributed by atoms with Gasteiger partial charge in [-0.25, -0.2) is 9.78 Å². The molecular formula is C9H12F3N5O3. The fourth-order valence-corrected chi connectivity index (χ4v) is 1.35. The summed E-state index contributed by atoms with van der Waals surface area (Å²) in [6, 6.07) is -1.90. The molecule has 2 amide bonds. The predicted octanol–water partition coefficient (Wildman–Crippen LogP) is 0.524. The normalized spacial score (nSPS) is 12.8. The molecule has 1 rings (SSSR count). The summed E-state index contributed by atoms with van der Waals surface area (Å²) < 4.78 is 36.9. The topological polar surface area (TPSA) is 111 Å². The average molecular weight is 295 g/mol. The van der Waals surface area contributed by atoms with Crippen LogP contribution in [0.25, 0.3) is 0 Å². The fourth-order valence-electron chi connectivity index (χ4n) is 1.35. The van der Waals surface area contributed by atoms with Gasteiger partial charge >= 0.3 is 18.2 Å². The Labute approximate surface area is 111 Å². The largest absolute Gasteiger partial charge is 0.480 e. The minimum absolute atomic E-state index is 0.148. The van der Waals surface area contributed by atoms with Crippen molar-refractivity contribution >= 4 is 12.0 Å². The Hall–Kier alpha value is -2.33. The Kier molecular flexibility index (Phi) is 4.88. The number of aromatic nitrogens is 3. The number of carboxylic acid groups (broad SMARTS) is 1. The highest BCUT2D eigenvalue weighted by Crippen LogP contribution is 2.17. The number of urea groups is 1. The Balaban J connectivity index is 2.70. The van der Waals surface area contributed by atoms with Crippen molar-refractivity contribution in [2.24, 2.45) is 0 Å². The van der Waals surface area contributed by atoms with Gasteiger partial charge in [0.25, 0.3) is 0 Å². The maximum atomic E-state index is 12.3. The van der Waals surface area contributed by atoms with Crippen LogP contribution in [0.3, 0.4) is 0 Å². The second kappa shape index (κ2) is 6.21. The van der Waals surface area contributed by atoms with Crippen molar-refractivity contribution < 1.29 is 27.9 Å². The van der Waals surface area contributed by atoms with Crippen LogP contribution in [0, 0.1) is 0 Å². The van der Waals surface area contributed by atoms with E-state index >= 15 is 0 Å². The van der Waals surface area contributed by atoms with Crippen molar-refractivity contribution in [3.8, 4) is 0 Å². The lowest BCUT2D eigenvalue weighted by molar-refractivity contribution is -0.149. The molecule has 1 heterocycles. The van der Waals surface area contributed by atoms with Gasteiger partial charge in [0, 0.05) is 0 Å². The number of nitrogens with zero attached hydrogens (tertiary/aromatic N) is 3. The van der Waals surface area contributed by atoms with Crippen molar-refractivity contribution in [2.45, 2.75) is 19.1 Å². The first-order chi connectivity index (χ1) is 9.19. The molecule has 0 aliphatic carbocycles. The van der Waals surface area contributed by atoms with Gasteiger partial charge in [0.2, 0.25) is 0 Å². The molecule has 1 atom stereocenters. The van der Waals surface area contributed by atoms with E-state index in [0.29, 0.717) is 0 Å². The van der Waals surface area contributed by atoms with E-state index in [4.69, 9.17) is 5.11 Å². The number of alkyl halides is 3. The van der Waals surface area contributed by atoms with Crippen molar-refractivity contribution in [1.29, 1.82) is 0 Å². The van der Waals surface area contributed by atoms with Crippen LogP contribution in [-0.2, 0) is 4.79 Å². The highest BCUT2D eigenvalue weighted by atomic mass is 19.4. The molecule has 112 valence electrons. The molecule has 0 aliphatic heterocycles. The molecule has 1 aromatic rings. The number of carbonyl (C=O) groups excluding carboxylic acids is 1. The predicted molar refractivity (Wildman–Crippen MR) is 58.6 cm³/mol. The molecule has 0 aromatic carbocycles. The number of nitrogens with one attached hydrogen (secondary N) is 2. The number of halogens is 3. The number of hydrogen-bond donors (Lipinski definition) is 3. The van der Waals surface area contributed by atoms with Crippen LogP contribution < -0.4 is 5.32 Å². The summed E-state index contributed by atoms with van der Waals surface area (Å²) in [6.07, 6.45) is -3.52. The zero-order valence-corrected chi connectivity index (χ0v) is 10.3. The molecule has 0 saturated heterocycles. The van der Waals surface area contributed by atoms with E-state index in [1.807, 2.05) is 0 Å². The summed E-state index contributed by atoms with van der Waals surface area (Å²) in [6.45, 7) is -1.26. The molecule has 1 unspecified atom stereocenters. The first-order valence-corrected chi connectivity index (χ1v) is 5.38. The number of carbonyl (C=O) groups is 2. The van der Waals surface area contributed by atoms with Crippen LogP contribution >= 0.6 is 0 Å². The number of aromatic amines is 1. The Morgan fingerprint density at radius 2 is 2.20 bits per heavy atom. The van der Waals surface area contributed by atoms with Crippen molar-refractivity contribution in [1.82, 2.24) is 25.4 Å². The number of amides is 2. The molecule has 0 spiro atoms. The molecular weight excluding hydrogens is 283 g/mol. The molecule has 0 aliphatic rings. The van der Waals surface area contributed by atoms with E-state index in [2.05, 4.69) is 20.5 Å². The van der Waals surface area contributed by atoms with Gasteiger partial charge in [-0.05, 0) is 6.92 Å². The zero-order chi connectivity index (χ0) is 15.3. The van der Waals surface area contributed by atoms with Crippen LogP contribution in [0.1, 0.15) is 18.8 Å². The molecule has 0 saturated carbocycles. The molecule has 0 bridgehead atoms. The first-order valence-electron chi connectivity index (χ1n) is 5.38. The third kappa shape index (κ3) is 5.12.